The van der Waals surface area contributed by atoms with Crippen molar-refractivity contribution in [3.8, 4) is 0 Å². The van der Waals surface area contributed by atoms with E-state index in [9.17, 15) is 4.79 Å². The zero-order valence-electron chi connectivity index (χ0n) is 4.63. The smallest absolute Gasteiger partial charge is 0.316 e. The van der Waals surface area contributed by atoms with Crippen LogP contribution in [0.15, 0.2) is 5.16 Å². The number of nitrogens with zero attached hydrogens (tertiary/aromatic N) is 1. The van der Waals surface area contributed by atoms with Gasteiger partial charge in [-0.2, -0.15) is 0 Å². The Bertz CT molecular complexity index is 154. The number of carbonyl (C=O) groups excluding carboxylic acids is 1. The molecule has 0 bridgehead atoms. The van der Waals surface area contributed by atoms with E-state index in [4.69, 9.17) is 5.21 Å². The van der Waals surface area contributed by atoms with Crippen LogP contribution >= 0.6 is 0 Å². The predicted octanol–water partition coefficient (Wildman–Crippen LogP) is -1.08. The molecule has 5 heteroatoms. The summed E-state index contributed by atoms with van der Waals surface area (Å²) in [4.78, 5) is 10.5. The number of hydrogen-bond donors (Lipinski definition) is 2. The fourth-order valence-corrected chi connectivity index (χ4v) is 0.528. The molecule has 0 aliphatic carbocycles. The van der Waals surface area contributed by atoms with E-state index in [1.165, 1.54) is 0 Å². The first kappa shape index (κ1) is 5.87. The van der Waals surface area contributed by atoms with Crippen molar-refractivity contribution >= 4 is 11.8 Å². The van der Waals surface area contributed by atoms with Crippen LogP contribution in [0.5, 0.6) is 0 Å². The first-order chi connectivity index (χ1) is 4.34. The largest absolute Gasteiger partial charge is 0.470 e. The molecular weight excluding hydrogens is 124 g/mol. The summed E-state index contributed by atoms with van der Waals surface area (Å²) in [5.41, 5.74) is 0. The van der Waals surface area contributed by atoms with Crippen LogP contribution in [0.25, 0.3) is 0 Å². The van der Waals surface area contributed by atoms with Crippen molar-refractivity contribution < 1.29 is 14.7 Å². The Hall–Kier alpha value is -1.26. The zero-order chi connectivity index (χ0) is 6.69. The first-order valence-electron chi connectivity index (χ1n) is 2.47. The minimum atomic E-state index is -0.469. The van der Waals surface area contributed by atoms with Crippen LogP contribution in [0.4, 0.5) is 0 Å². The van der Waals surface area contributed by atoms with Crippen molar-refractivity contribution in [1.29, 1.82) is 0 Å². The van der Waals surface area contributed by atoms with E-state index >= 15 is 0 Å². The Kier molecular flexibility index (Phi) is 1.53. The summed E-state index contributed by atoms with van der Waals surface area (Å²) >= 11 is 0. The van der Waals surface area contributed by atoms with Crippen molar-refractivity contribution in [3.63, 3.8) is 0 Å². The first-order valence-corrected chi connectivity index (χ1v) is 2.47. The third kappa shape index (κ3) is 1.10. The van der Waals surface area contributed by atoms with E-state index in [0.29, 0.717) is 13.2 Å². The summed E-state index contributed by atoms with van der Waals surface area (Å²) in [6.45, 7) is 0.836. The number of ether oxygens (including phenoxy) is 1. The van der Waals surface area contributed by atoms with Gasteiger partial charge in [0.05, 0.1) is 6.54 Å². The maximum absolute atomic E-state index is 10.5. The normalized spacial score (nSPS) is 23.1. The van der Waals surface area contributed by atoms with E-state index in [2.05, 4.69) is 15.2 Å². The zero-order valence-corrected chi connectivity index (χ0v) is 4.63. The van der Waals surface area contributed by atoms with Crippen molar-refractivity contribution in [2.75, 3.05) is 13.2 Å². The molecule has 1 aliphatic rings. The van der Waals surface area contributed by atoms with Gasteiger partial charge in [0, 0.05) is 0 Å². The molecule has 0 radical (unpaired) electrons. The van der Waals surface area contributed by atoms with Crippen LogP contribution in [0.3, 0.4) is 0 Å². The Morgan fingerprint density at radius 1 is 1.78 bits per heavy atom. The van der Waals surface area contributed by atoms with E-state index in [-0.39, 0.29) is 5.90 Å². The number of nitrogens with one attached hydrogen (secondary N) is 1. The highest BCUT2D eigenvalue weighted by molar-refractivity contribution is 6.35. The minimum Gasteiger partial charge on any atom is -0.470 e. The van der Waals surface area contributed by atoms with Gasteiger partial charge in [0.1, 0.15) is 6.61 Å². The molecule has 1 fully saturated rings. The quantitative estimate of drug-likeness (QED) is 0.323. The lowest BCUT2D eigenvalue weighted by Crippen LogP contribution is -2.41. The Morgan fingerprint density at radius 2 is 2.56 bits per heavy atom. The van der Waals surface area contributed by atoms with Crippen LogP contribution in [-0.2, 0) is 9.53 Å². The lowest BCUT2D eigenvalue weighted by atomic mass is 10.5. The Labute approximate surface area is 51.3 Å². The molecule has 0 aromatic rings. The van der Waals surface area contributed by atoms with Gasteiger partial charge in [-0.1, -0.05) is 0 Å². The third-order valence-electron chi connectivity index (χ3n) is 0.911. The molecule has 0 aromatic heterocycles. The SMILES string of the molecule is O=C1NCCOC1=NO. The molecule has 0 atom stereocenters. The van der Waals surface area contributed by atoms with Gasteiger partial charge >= 0.3 is 11.8 Å². The molecule has 5 nitrogen and oxygen atoms in total. The van der Waals surface area contributed by atoms with Gasteiger partial charge in [-0.3, -0.25) is 4.79 Å². The van der Waals surface area contributed by atoms with Gasteiger partial charge in [0.25, 0.3) is 0 Å². The number of carbonyl (C=O) groups is 1. The summed E-state index contributed by atoms with van der Waals surface area (Å²) in [5.74, 6) is -0.731. The van der Waals surface area contributed by atoms with Gasteiger partial charge < -0.3 is 15.3 Å². The molecule has 0 spiro atoms. The van der Waals surface area contributed by atoms with E-state index < -0.39 is 5.91 Å². The topological polar surface area (TPSA) is 70.9 Å². The number of oxime groups is 1. The fraction of sp³-hybridized carbons (Fsp3) is 0.500. The molecule has 1 heterocycles. The van der Waals surface area contributed by atoms with Crippen LogP contribution in [0.1, 0.15) is 0 Å². The van der Waals surface area contributed by atoms with Crippen molar-refractivity contribution in [3.05, 3.63) is 0 Å². The second-order valence-electron chi connectivity index (χ2n) is 1.51. The molecule has 2 N–H and O–H groups in total. The van der Waals surface area contributed by atoms with E-state index in [1.807, 2.05) is 0 Å². The molecule has 0 saturated carbocycles. The average Bonchev–Trinajstić information content (AvgIpc) is 1.89. The summed E-state index contributed by atoms with van der Waals surface area (Å²) in [5, 5.41) is 13.1. The van der Waals surface area contributed by atoms with Gasteiger partial charge in [-0.05, 0) is 5.16 Å². The molecular formula is C4H6N2O3. The van der Waals surface area contributed by atoms with Crippen LogP contribution in [0, 0.1) is 0 Å². The Balaban J connectivity index is 2.60. The summed E-state index contributed by atoms with van der Waals surface area (Å²) in [6.07, 6.45) is 0. The molecule has 0 aromatic carbocycles. The maximum atomic E-state index is 10.5. The van der Waals surface area contributed by atoms with Crippen molar-refractivity contribution in [2.45, 2.75) is 0 Å². The van der Waals surface area contributed by atoms with Crippen LogP contribution < -0.4 is 5.32 Å². The monoisotopic (exact) mass is 130 g/mol. The lowest BCUT2D eigenvalue weighted by Gasteiger charge is -2.12. The number of amides is 1. The summed E-state index contributed by atoms with van der Waals surface area (Å²) in [6, 6.07) is 0. The van der Waals surface area contributed by atoms with E-state index in [0.717, 1.165) is 0 Å². The summed E-state index contributed by atoms with van der Waals surface area (Å²) < 4.78 is 4.63. The second kappa shape index (κ2) is 2.34. The van der Waals surface area contributed by atoms with Gasteiger partial charge in [0.2, 0.25) is 0 Å². The van der Waals surface area contributed by atoms with Crippen molar-refractivity contribution in [2.24, 2.45) is 5.16 Å². The molecule has 1 amide bonds. The van der Waals surface area contributed by atoms with Crippen LogP contribution in [-0.4, -0.2) is 30.2 Å². The standard InChI is InChI=1S/C4H6N2O3/c7-3-4(6-8)9-2-1-5-3/h8H,1-2H2,(H,5,7). The average molecular weight is 130 g/mol. The molecule has 50 valence electrons. The summed E-state index contributed by atoms with van der Waals surface area (Å²) in [7, 11) is 0. The van der Waals surface area contributed by atoms with Gasteiger partial charge in [-0.25, -0.2) is 0 Å². The molecule has 0 unspecified atom stereocenters. The molecule has 1 rings (SSSR count). The van der Waals surface area contributed by atoms with Crippen molar-refractivity contribution in [1.82, 2.24) is 5.32 Å². The van der Waals surface area contributed by atoms with E-state index in [1.54, 1.807) is 0 Å². The lowest BCUT2D eigenvalue weighted by molar-refractivity contribution is -0.117. The minimum absolute atomic E-state index is 0.263. The van der Waals surface area contributed by atoms with Gasteiger partial charge in [0.15, 0.2) is 0 Å². The fourth-order valence-electron chi connectivity index (χ4n) is 0.528. The highest BCUT2D eigenvalue weighted by Gasteiger charge is 2.17. The van der Waals surface area contributed by atoms with Crippen LogP contribution in [0.2, 0.25) is 0 Å². The Morgan fingerprint density at radius 3 is 3.00 bits per heavy atom. The molecule has 1 aliphatic heterocycles. The number of hydrogen-bond acceptors (Lipinski definition) is 4. The van der Waals surface area contributed by atoms with Gasteiger partial charge in [-0.15, -0.1) is 0 Å². The highest BCUT2D eigenvalue weighted by atomic mass is 16.5. The predicted molar refractivity (Wildman–Crippen MR) is 28.2 cm³/mol. The number of morpholine rings is 1. The second-order valence-corrected chi connectivity index (χ2v) is 1.51. The molecule has 1 saturated heterocycles. The number of rotatable bonds is 0. The maximum Gasteiger partial charge on any atom is 0.316 e. The third-order valence-corrected chi connectivity index (χ3v) is 0.911. The molecule has 9 heavy (non-hydrogen) atoms. The highest BCUT2D eigenvalue weighted by Crippen LogP contribution is 1.87.